The number of rotatable bonds is 3. The van der Waals surface area contributed by atoms with Gasteiger partial charge in [0.2, 0.25) is 0 Å². The maximum absolute atomic E-state index is 13.3. The summed E-state index contributed by atoms with van der Waals surface area (Å²) >= 11 is 0. The summed E-state index contributed by atoms with van der Waals surface area (Å²) in [6.45, 7) is 4.75. The quantitative estimate of drug-likeness (QED) is 0.834. The van der Waals surface area contributed by atoms with Crippen LogP contribution in [0.2, 0.25) is 0 Å². The molecule has 1 atom stereocenters. The molecule has 0 spiro atoms. The number of benzene rings is 1. The van der Waals surface area contributed by atoms with Crippen molar-refractivity contribution in [3.05, 3.63) is 29.3 Å². The normalized spacial score (nSPS) is 13.7. The van der Waals surface area contributed by atoms with Gasteiger partial charge in [-0.05, 0) is 20.8 Å². The highest BCUT2D eigenvalue weighted by molar-refractivity contribution is 5.45. The van der Waals surface area contributed by atoms with Crippen molar-refractivity contribution in [3.8, 4) is 5.75 Å². The monoisotopic (exact) mass is 212 g/mol. The van der Waals surface area contributed by atoms with Gasteiger partial charge >= 0.3 is 0 Å². The molecule has 1 aromatic rings. The minimum atomic E-state index is -1.11. The zero-order valence-electron chi connectivity index (χ0n) is 9.54. The highest BCUT2D eigenvalue weighted by Gasteiger charge is 2.24. The van der Waals surface area contributed by atoms with Crippen molar-refractivity contribution in [2.75, 3.05) is 7.11 Å². The first kappa shape index (κ1) is 12.0. The fourth-order valence-electron chi connectivity index (χ4n) is 1.58. The second-order valence-corrected chi connectivity index (χ2v) is 4.10. The Labute approximate surface area is 89.7 Å². The van der Waals surface area contributed by atoms with Crippen LogP contribution in [0, 0.1) is 0 Å². The summed E-state index contributed by atoms with van der Waals surface area (Å²) in [4.78, 5) is 0. The summed E-state index contributed by atoms with van der Waals surface area (Å²) in [5.74, 6) is 0.431. The topological polar surface area (TPSA) is 29.5 Å². The van der Waals surface area contributed by atoms with E-state index in [4.69, 9.17) is 4.74 Å². The maximum Gasteiger partial charge on any atom is 0.131 e. The molecule has 0 fully saturated rings. The molecule has 0 saturated carbocycles. The van der Waals surface area contributed by atoms with Crippen molar-refractivity contribution in [2.24, 2.45) is 0 Å². The molecule has 0 heterocycles. The van der Waals surface area contributed by atoms with Gasteiger partial charge in [-0.25, -0.2) is 4.39 Å². The van der Waals surface area contributed by atoms with Crippen molar-refractivity contribution in [2.45, 2.75) is 32.5 Å². The van der Waals surface area contributed by atoms with Crippen LogP contribution in [-0.4, -0.2) is 12.2 Å². The van der Waals surface area contributed by atoms with Crippen LogP contribution in [0.15, 0.2) is 18.2 Å². The Bertz CT molecular complexity index is 340. The average molecular weight is 212 g/mol. The van der Waals surface area contributed by atoms with Crippen molar-refractivity contribution in [1.29, 1.82) is 0 Å². The van der Waals surface area contributed by atoms with E-state index < -0.39 is 11.8 Å². The van der Waals surface area contributed by atoms with Crippen LogP contribution in [0.5, 0.6) is 5.75 Å². The highest BCUT2D eigenvalue weighted by atomic mass is 19.1. The Morgan fingerprint density at radius 2 is 2.00 bits per heavy atom. The van der Waals surface area contributed by atoms with Gasteiger partial charge in [0, 0.05) is 11.1 Å². The fourth-order valence-corrected chi connectivity index (χ4v) is 1.58. The summed E-state index contributed by atoms with van der Waals surface area (Å²) in [7, 11) is 1.48. The smallest absolute Gasteiger partial charge is 0.131 e. The van der Waals surface area contributed by atoms with Crippen molar-refractivity contribution >= 4 is 0 Å². The Kier molecular flexibility index (Phi) is 3.35. The largest absolute Gasteiger partial charge is 0.496 e. The highest BCUT2D eigenvalue weighted by Crippen LogP contribution is 2.36. The first-order valence-electron chi connectivity index (χ1n) is 4.91. The molecule has 0 aliphatic rings. The first-order valence-corrected chi connectivity index (χ1v) is 4.91. The molecule has 1 aromatic carbocycles. The fraction of sp³-hybridized carbons (Fsp3) is 0.500. The molecule has 2 nitrogen and oxygen atoms in total. The third-order valence-electron chi connectivity index (χ3n) is 2.34. The number of para-hydroxylation sites is 1. The van der Waals surface area contributed by atoms with Crippen LogP contribution in [0.3, 0.4) is 0 Å². The van der Waals surface area contributed by atoms with Crippen LogP contribution >= 0.6 is 0 Å². The third-order valence-corrected chi connectivity index (χ3v) is 2.34. The molecule has 0 aliphatic heterocycles. The Morgan fingerprint density at radius 1 is 1.40 bits per heavy atom. The lowest BCUT2D eigenvalue weighted by Crippen LogP contribution is -2.17. The van der Waals surface area contributed by atoms with E-state index in [1.54, 1.807) is 32.0 Å². The van der Waals surface area contributed by atoms with Gasteiger partial charge in [0.05, 0.1) is 12.7 Å². The predicted molar refractivity (Wildman–Crippen MR) is 57.8 cm³/mol. The molecular formula is C12H17FO2. The van der Waals surface area contributed by atoms with Gasteiger partial charge in [-0.3, -0.25) is 0 Å². The molecule has 0 bridgehead atoms. The summed E-state index contributed by atoms with van der Waals surface area (Å²) in [6, 6.07) is 5.13. The molecule has 1 rings (SSSR count). The first-order chi connectivity index (χ1) is 6.88. The van der Waals surface area contributed by atoms with Gasteiger partial charge in [0.15, 0.2) is 0 Å². The number of ether oxygens (including phenoxy) is 1. The number of methoxy groups -OCH3 is 1. The zero-order chi connectivity index (χ0) is 11.6. The second kappa shape index (κ2) is 4.19. The molecule has 0 amide bonds. The van der Waals surface area contributed by atoms with Crippen LogP contribution < -0.4 is 4.74 Å². The summed E-state index contributed by atoms with van der Waals surface area (Å²) in [5.41, 5.74) is 0.0418. The molecule has 1 N–H and O–H groups in total. The van der Waals surface area contributed by atoms with Gasteiger partial charge in [0.1, 0.15) is 11.9 Å². The van der Waals surface area contributed by atoms with Crippen molar-refractivity contribution in [1.82, 2.24) is 0 Å². The molecule has 1 unspecified atom stereocenters. The molecule has 0 saturated heterocycles. The van der Waals surface area contributed by atoms with Gasteiger partial charge in [-0.15, -0.1) is 0 Å². The molecule has 84 valence electrons. The number of alkyl halides is 1. The minimum absolute atomic E-state index is 0.431. The van der Waals surface area contributed by atoms with E-state index in [-0.39, 0.29) is 0 Å². The molecule has 3 heteroatoms. The van der Waals surface area contributed by atoms with Gasteiger partial charge < -0.3 is 9.84 Å². The number of aliphatic hydroxyl groups is 1. The Morgan fingerprint density at radius 3 is 2.40 bits per heavy atom. The van der Waals surface area contributed by atoms with Crippen LogP contribution in [-0.2, 0) is 5.60 Å². The average Bonchev–Trinajstić information content (AvgIpc) is 2.15. The lowest BCUT2D eigenvalue weighted by molar-refractivity contribution is 0.0753. The maximum atomic E-state index is 13.3. The van der Waals surface area contributed by atoms with E-state index in [2.05, 4.69) is 0 Å². The third kappa shape index (κ3) is 2.48. The summed E-state index contributed by atoms with van der Waals surface area (Å²) < 4.78 is 18.5. The minimum Gasteiger partial charge on any atom is -0.496 e. The number of hydrogen-bond donors (Lipinski definition) is 1. The van der Waals surface area contributed by atoms with E-state index in [0.717, 1.165) is 0 Å². The molecule has 0 aromatic heterocycles. The second-order valence-electron chi connectivity index (χ2n) is 4.10. The van der Waals surface area contributed by atoms with Gasteiger partial charge in [0.25, 0.3) is 0 Å². The number of hydrogen-bond acceptors (Lipinski definition) is 2. The summed E-state index contributed by atoms with van der Waals surface area (Å²) in [6.07, 6.45) is -1.11. The van der Waals surface area contributed by atoms with Crippen LogP contribution in [0.1, 0.15) is 38.1 Å². The van der Waals surface area contributed by atoms with Crippen molar-refractivity contribution < 1.29 is 14.2 Å². The Balaban J connectivity index is 3.35. The molecule has 0 radical (unpaired) electrons. The van der Waals surface area contributed by atoms with E-state index in [1.807, 2.05) is 0 Å². The lowest BCUT2D eigenvalue weighted by Gasteiger charge is -2.23. The zero-order valence-corrected chi connectivity index (χ0v) is 9.54. The summed E-state index contributed by atoms with van der Waals surface area (Å²) in [5, 5.41) is 9.90. The standard InChI is InChI=1S/C12H17FO2/c1-8(13)9-6-5-7-10(11(9)15-4)12(2,3)14/h5-8,14H,1-4H3. The van der Waals surface area contributed by atoms with E-state index >= 15 is 0 Å². The Hall–Kier alpha value is -1.09. The molecular weight excluding hydrogens is 195 g/mol. The van der Waals surface area contributed by atoms with Crippen LogP contribution in [0.25, 0.3) is 0 Å². The van der Waals surface area contributed by atoms with Gasteiger partial charge in [-0.1, -0.05) is 18.2 Å². The number of halogens is 1. The van der Waals surface area contributed by atoms with E-state index in [9.17, 15) is 9.50 Å². The van der Waals surface area contributed by atoms with Gasteiger partial charge in [-0.2, -0.15) is 0 Å². The lowest BCUT2D eigenvalue weighted by atomic mass is 9.94. The molecule has 15 heavy (non-hydrogen) atoms. The van der Waals surface area contributed by atoms with E-state index in [0.29, 0.717) is 16.9 Å². The predicted octanol–water partition coefficient (Wildman–Crippen LogP) is 2.95. The van der Waals surface area contributed by atoms with Crippen LogP contribution in [0.4, 0.5) is 4.39 Å². The molecule has 0 aliphatic carbocycles. The van der Waals surface area contributed by atoms with E-state index in [1.165, 1.54) is 14.0 Å². The van der Waals surface area contributed by atoms with Crippen molar-refractivity contribution in [3.63, 3.8) is 0 Å². The SMILES string of the molecule is COc1c(C(C)F)cccc1C(C)(C)O.